The van der Waals surface area contributed by atoms with Crippen LogP contribution >= 0.6 is 11.3 Å². The summed E-state index contributed by atoms with van der Waals surface area (Å²) in [5.41, 5.74) is 0. The molecule has 0 saturated heterocycles. The Hall–Kier alpha value is -2.02. The number of amides is 2. The number of esters is 1. The Morgan fingerprint density at radius 1 is 1.21 bits per heavy atom. The van der Waals surface area contributed by atoms with Crippen LogP contribution in [-0.2, 0) is 19.1 Å². The van der Waals surface area contributed by atoms with Gasteiger partial charge in [0.05, 0.1) is 10.8 Å². The van der Waals surface area contributed by atoms with Crippen LogP contribution in [0.4, 0.5) is 0 Å². The molecule has 2 aliphatic carbocycles. The highest BCUT2D eigenvalue weighted by Gasteiger charge is 2.41. The second kappa shape index (κ2) is 7.25. The molecule has 1 heterocycles. The SMILES string of the molecule is O=C(COC(=O)C1C[C@H]2CCC[C@H](C1)C2=O)NC(=O)c1cccs1. The maximum Gasteiger partial charge on any atom is 0.309 e. The molecular weight excluding hydrogens is 330 g/mol. The van der Waals surface area contributed by atoms with Crippen LogP contribution in [0.2, 0.25) is 0 Å². The van der Waals surface area contributed by atoms with Crippen molar-refractivity contribution in [2.75, 3.05) is 6.61 Å². The first-order valence-corrected chi connectivity index (χ1v) is 9.00. The summed E-state index contributed by atoms with van der Waals surface area (Å²) < 4.78 is 5.05. The lowest BCUT2D eigenvalue weighted by molar-refractivity contribution is -0.156. The van der Waals surface area contributed by atoms with E-state index in [1.807, 2.05) is 0 Å². The summed E-state index contributed by atoms with van der Waals surface area (Å²) in [7, 11) is 0. The Bertz CT molecular complexity index is 638. The fourth-order valence-electron chi connectivity index (χ4n) is 3.56. The van der Waals surface area contributed by atoms with Crippen LogP contribution in [0, 0.1) is 17.8 Å². The van der Waals surface area contributed by atoms with Gasteiger partial charge >= 0.3 is 5.97 Å². The van der Waals surface area contributed by atoms with Crippen LogP contribution in [0.5, 0.6) is 0 Å². The van der Waals surface area contributed by atoms with Crippen LogP contribution in [0.25, 0.3) is 0 Å². The summed E-state index contributed by atoms with van der Waals surface area (Å²) in [4.78, 5) is 48.1. The predicted octanol–water partition coefficient (Wildman–Crippen LogP) is 1.94. The normalized spacial score (nSPS) is 25.8. The van der Waals surface area contributed by atoms with Gasteiger partial charge in [-0.2, -0.15) is 0 Å². The molecule has 0 radical (unpaired) electrons. The molecule has 2 amide bonds. The third-order valence-electron chi connectivity index (χ3n) is 4.72. The van der Waals surface area contributed by atoms with Crippen molar-refractivity contribution in [1.29, 1.82) is 0 Å². The molecule has 2 fully saturated rings. The Morgan fingerprint density at radius 2 is 1.92 bits per heavy atom. The Kier molecular flexibility index (Phi) is 5.08. The second-order valence-corrected chi connectivity index (χ2v) is 7.31. The monoisotopic (exact) mass is 349 g/mol. The lowest BCUT2D eigenvalue weighted by Gasteiger charge is -2.36. The van der Waals surface area contributed by atoms with Gasteiger partial charge in [-0.3, -0.25) is 24.5 Å². The third kappa shape index (κ3) is 3.72. The van der Waals surface area contributed by atoms with Gasteiger partial charge in [0.1, 0.15) is 5.78 Å². The summed E-state index contributed by atoms with van der Waals surface area (Å²) in [6.07, 6.45) is 3.76. The molecule has 2 saturated carbocycles. The number of Topliss-reactive ketones (excluding diaryl/α,β-unsaturated/α-hetero) is 1. The van der Waals surface area contributed by atoms with Crippen molar-refractivity contribution in [2.45, 2.75) is 32.1 Å². The molecule has 0 aliphatic heterocycles. The highest BCUT2D eigenvalue weighted by atomic mass is 32.1. The van der Waals surface area contributed by atoms with Gasteiger partial charge in [0.2, 0.25) is 0 Å². The predicted molar refractivity (Wildman–Crippen MR) is 86.3 cm³/mol. The molecule has 7 heteroatoms. The van der Waals surface area contributed by atoms with Crippen molar-refractivity contribution in [3.05, 3.63) is 22.4 Å². The van der Waals surface area contributed by atoms with E-state index in [0.717, 1.165) is 19.3 Å². The summed E-state index contributed by atoms with van der Waals surface area (Å²) in [6, 6.07) is 3.32. The van der Waals surface area contributed by atoms with E-state index in [4.69, 9.17) is 4.74 Å². The maximum atomic E-state index is 12.2. The second-order valence-electron chi connectivity index (χ2n) is 6.36. The zero-order valence-electron chi connectivity index (χ0n) is 13.2. The number of nitrogens with one attached hydrogen (secondary N) is 1. The minimum absolute atomic E-state index is 0.0377. The third-order valence-corrected chi connectivity index (χ3v) is 5.59. The molecule has 1 N–H and O–H groups in total. The molecule has 1 aromatic rings. The van der Waals surface area contributed by atoms with Crippen molar-refractivity contribution in [1.82, 2.24) is 5.32 Å². The summed E-state index contributed by atoms with van der Waals surface area (Å²) in [5, 5.41) is 3.93. The number of imide groups is 1. The molecule has 0 aromatic carbocycles. The number of ketones is 1. The van der Waals surface area contributed by atoms with Crippen molar-refractivity contribution in [3.8, 4) is 0 Å². The van der Waals surface area contributed by atoms with E-state index in [9.17, 15) is 19.2 Å². The Labute approximate surface area is 143 Å². The Morgan fingerprint density at radius 3 is 2.54 bits per heavy atom. The molecule has 1 aromatic heterocycles. The number of fused-ring (bicyclic) bond motifs is 2. The fraction of sp³-hybridized carbons (Fsp3) is 0.529. The first kappa shape index (κ1) is 16.8. The molecule has 0 unspecified atom stereocenters. The van der Waals surface area contributed by atoms with E-state index in [-0.39, 0.29) is 23.5 Å². The number of thiophene rings is 1. The van der Waals surface area contributed by atoms with Crippen molar-refractivity contribution in [3.63, 3.8) is 0 Å². The van der Waals surface area contributed by atoms with Crippen LogP contribution in [-0.4, -0.2) is 30.2 Å². The van der Waals surface area contributed by atoms with Gasteiger partial charge < -0.3 is 4.74 Å². The lowest BCUT2D eigenvalue weighted by atomic mass is 9.67. The van der Waals surface area contributed by atoms with Gasteiger partial charge in [0, 0.05) is 11.8 Å². The summed E-state index contributed by atoms with van der Waals surface area (Å²) in [6.45, 7) is -0.476. The number of hydrogen-bond acceptors (Lipinski definition) is 6. The van der Waals surface area contributed by atoms with Crippen LogP contribution in [0.1, 0.15) is 41.8 Å². The lowest BCUT2D eigenvalue weighted by Crippen LogP contribution is -2.40. The van der Waals surface area contributed by atoms with Crippen LogP contribution < -0.4 is 5.32 Å². The standard InChI is InChI=1S/C17H19NO5S/c19-14(18-16(21)13-5-2-6-24-13)9-23-17(22)12-7-10-3-1-4-11(8-12)15(10)20/h2,5-6,10-12H,1,3-4,7-9H2,(H,18,19,21)/t10-,11-/m1/s1. The molecule has 2 atom stereocenters. The number of ether oxygens (including phenoxy) is 1. The van der Waals surface area contributed by atoms with E-state index in [1.54, 1.807) is 17.5 Å². The smallest absolute Gasteiger partial charge is 0.309 e. The zero-order chi connectivity index (χ0) is 17.1. The van der Waals surface area contributed by atoms with Crippen molar-refractivity contribution < 1.29 is 23.9 Å². The van der Waals surface area contributed by atoms with E-state index >= 15 is 0 Å². The van der Waals surface area contributed by atoms with Crippen LogP contribution in [0.3, 0.4) is 0 Å². The van der Waals surface area contributed by atoms with Crippen molar-refractivity contribution >= 4 is 34.9 Å². The van der Waals surface area contributed by atoms with E-state index in [1.165, 1.54) is 11.3 Å². The van der Waals surface area contributed by atoms with Gasteiger partial charge in [0.15, 0.2) is 6.61 Å². The van der Waals surface area contributed by atoms with E-state index in [2.05, 4.69) is 5.32 Å². The average Bonchev–Trinajstić information content (AvgIpc) is 3.07. The Balaban J connectivity index is 1.46. The summed E-state index contributed by atoms with van der Waals surface area (Å²) >= 11 is 1.23. The van der Waals surface area contributed by atoms with Gasteiger partial charge in [-0.1, -0.05) is 12.5 Å². The molecule has 24 heavy (non-hydrogen) atoms. The van der Waals surface area contributed by atoms with Gasteiger partial charge in [0.25, 0.3) is 11.8 Å². The zero-order valence-corrected chi connectivity index (χ0v) is 14.0. The summed E-state index contributed by atoms with van der Waals surface area (Å²) in [5.74, 6) is -1.70. The molecule has 6 nitrogen and oxygen atoms in total. The van der Waals surface area contributed by atoms with Gasteiger partial charge in [-0.25, -0.2) is 0 Å². The molecule has 128 valence electrons. The van der Waals surface area contributed by atoms with Crippen molar-refractivity contribution in [2.24, 2.45) is 17.8 Å². The highest BCUT2D eigenvalue weighted by Crippen LogP contribution is 2.40. The number of rotatable bonds is 4. The molecule has 0 spiro atoms. The number of carbonyl (C=O) groups excluding carboxylic acids is 4. The number of hydrogen-bond donors (Lipinski definition) is 1. The quantitative estimate of drug-likeness (QED) is 0.839. The topological polar surface area (TPSA) is 89.5 Å². The fourth-order valence-corrected chi connectivity index (χ4v) is 4.18. The highest BCUT2D eigenvalue weighted by molar-refractivity contribution is 7.12. The molecule has 2 aliphatic rings. The van der Waals surface area contributed by atoms with Crippen LogP contribution in [0.15, 0.2) is 17.5 Å². The first-order chi connectivity index (χ1) is 11.5. The first-order valence-electron chi connectivity index (χ1n) is 8.12. The molecule has 3 rings (SSSR count). The van der Waals surface area contributed by atoms with Gasteiger partial charge in [-0.05, 0) is 37.1 Å². The van der Waals surface area contributed by atoms with E-state index < -0.39 is 24.4 Å². The average molecular weight is 349 g/mol. The van der Waals surface area contributed by atoms with E-state index in [0.29, 0.717) is 17.7 Å². The number of carbonyl (C=O) groups is 4. The molecule has 2 bridgehead atoms. The van der Waals surface area contributed by atoms with Gasteiger partial charge in [-0.15, -0.1) is 11.3 Å². The largest absolute Gasteiger partial charge is 0.455 e. The molecular formula is C17H19NO5S. The minimum atomic E-state index is -0.645. The minimum Gasteiger partial charge on any atom is -0.455 e. The maximum absolute atomic E-state index is 12.2.